The van der Waals surface area contributed by atoms with E-state index in [2.05, 4.69) is 5.32 Å². The number of methoxy groups -OCH3 is 1. The topological polar surface area (TPSA) is 167 Å². The zero-order valence-corrected chi connectivity index (χ0v) is 29.8. The largest absolute Gasteiger partial charge is 0.530 e. The Morgan fingerprint density at radius 3 is 2.53 bits per heavy atom. The highest BCUT2D eigenvalue weighted by atomic mass is 32.2. The molecule has 2 N–H and O–H groups in total. The Labute approximate surface area is 289 Å². The van der Waals surface area contributed by atoms with Gasteiger partial charge in [-0.3, -0.25) is 0 Å². The molecular formula is C35H50N3O10S-. The van der Waals surface area contributed by atoms with Crippen molar-refractivity contribution in [1.29, 1.82) is 0 Å². The summed E-state index contributed by atoms with van der Waals surface area (Å²) in [6.45, 7) is 7.74. The standard InChI is InChI=1S/C35H51N3O10S/c1-24(2)48-33(40)36-17-10-16-35(3,4)23-37(49(43,44)27-14-9-13-26(20-27)45-5)21-31(39)29(19-25-11-7-6-8-12-25)38(34(41)42)30-22-47-32-28(30)15-18-46-32/h6-9,11-14,20,24,28-32,39H,10,15-19,21-23H2,1-5H3,(H,36,40)(H,41,42)/p-1/t28-,29-,30-,31+,32+/m0/s1. The molecule has 2 heterocycles. The molecule has 49 heavy (non-hydrogen) atoms. The number of rotatable bonds is 17. The highest BCUT2D eigenvalue weighted by Gasteiger charge is 2.47. The van der Waals surface area contributed by atoms with Crippen molar-refractivity contribution < 1.29 is 47.2 Å². The molecule has 0 unspecified atom stereocenters. The average molecular weight is 705 g/mol. The lowest BCUT2D eigenvalue weighted by Gasteiger charge is -2.43. The summed E-state index contributed by atoms with van der Waals surface area (Å²) in [5, 5.41) is 27.6. The molecule has 0 aliphatic carbocycles. The van der Waals surface area contributed by atoms with Crippen molar-refractivity contribution in [2.24, 2.45) is 11.3 Å². The predicted octanol–water partition coefficient (Wildman–Crippen LogP) is 3.01. The molecule has 0 saturated carbocycles. The number of hydrogen-bond donors (Lipinski definition) is 2. The second-order valence-corrected chi connectivity index (χ2v) is 15.7. The molecule has 14 heteroatoms. The number of carboxylic acid groups (broad SMARTS) is 1. The Balaban J connectivity index is 1.64. The Morgan fingerprint density at radius 1 is 1.12 bits per heavy atom. The van der Waals surface area contributed by atoms with Crippen molar-refractivity contribution in [3.8, 4) is 5.75 Å². The van der Waals surface area contributed by atoms with Crippen LogP contribution in [0.5, 0.6) is 5.75 Å². The maximum absolute atomic E-state index is 14.3. The Kier molecular flexibility index (Phi) is 13.3. The highest BCUT2D eigenvalue weighted by Crippen LogP contribution is 2.36. The van der Waals surface area contributed by atoms with Gasteiger partial charge in [-0.2, -0.15) is 4.31 Å². The van der Waals surface area contributed by atoms with Crippen LogP contribution >= 0.6 is 0 Å². The van der Waals surface area contributed by atoms with E-state index in [1.807, 2.05) is 44.2 Å². The molecule has 0 spiro atoms. The van der Waals surface area contributed by atoms with Crippen molar-refractivity contribution in [2.45, 2.75) is 88.9 Å². The summed E-state index contributed by atoms with van der Waals surface area (Å²) >= 11 is 0. The number of alkyl carbamates (subject to hydrolysis) is 1. The minimum Gasteiger partial charge on any atom is -0.530 e. The first-order valence-electron chi connectivity index (χ1n) is 16.7. The summed E-state index contributed by atoms with van der Waals surface area (Å²) in [6, 6.07) is 13.5. The van der Waals surface area contributed by atoms with Crippen LogP contribution < -0.4 is 15.2 Å². The van der Waals surface area contributed by atoms with Crippen molar-refractivity contribution in [3.05, 3.63) is 60.2 Å². The molecule has 0 aromatic heterocycles. The summed E-state index contributed by atoms with van der Waals surface area (Å²) in [4.78, 5) is 25.9. The number of sulfonamides is 1. The van der Waals surface area contributed by atoms with Crippen molar-refractivity contribution in [3.63, 3.8) is 0 Å². The smallest absolute Gasteiger partial charge is 0.407 e. The minimum atomic E-state index is -4.23. The molecular weight excluding hydrogens is 654 g/mol. The van der Waals surface area contributed by atoms with Crippen LogP contribution in [0.4, 0.5) is 9.59 Å². The van der Waals surface area contributed by atoms with Crippen molar-refractivity contribution >= 4 is 22.2 Å². The van der Waals surface area contributed by atoms with Gasteiger partial charge < -0.3 is 44.2 Å². The van der Waals surface area contributed by atoms with Gasteiger partial charge in [0.2, 0.25) is 10.0 Å². The van der Waals surface area contributed by atoms with Crippen LogP contribution in [0.1, 0.15) is 52.5 Å². The molecule has 4 rings (SSSR count). The summed E-state index contributed by atoms with van der Waals surface area (Å²) < 4.78 is 51.7. The van der Waals surface area contributed by atoms with Gasteiger partial charge >= 0.3 is 6.09 Å². The van der Waals surface area contributed by atoms with E-state index in [0.29, 0.717) is 38.2 Å². The van der Waals surface area contributed by atoms with Crippen LogP contribution in [0.25, 0.3) is 0 Å². The third-order valence-electron chi connectivity index (χ3n) is 8.98. The van der Waals surface area contributed by atoms with Gasteiger partial charge in [0.15, 0.2) is 6.29 Å². The van der Waals surface area contributed by atoms with E-state index in [4.69, 9.17) is 18.9 Å². The molecule has 2 aliphatic rings. The lowest BCUT2D eigenvalue weighted by Crippen LogP contribution is -2.61. The van der Waals surface area contributed by atoms with E-state index in [1.165, 1.54) is 23.5 Å². The summed E-state index contributed by atoms with van der Waals surface area (Å²) in [5.74, 6) is 0.102. The number of hydrogen-bond acceptors (Lipinski definition) is 10. The van der Waals surface area contributed by atoms with Crippen LogP contribution in [0, 0.1) is 11.3 Å². The zero-order valence-electron chi connectivity index (χ0n) is 28.9. The molecule has 272 valence electrons. The second-order valence-electron chi connectivity index (χ2n) is 13.7. The van der Waals surface area contributed by atoms with E-state index in [-0.39, 0.29) is 36.5 Å². The summed E-state index contributed by atoms with van der Waals surface area (Å²) in [7, 11) is -2.79. The van der Waals surface area contributed by atoms with Crippen molar-refractivity contribution in [2.75, 3.05) is 40.0 Å². The third-order valence-corrected chi connectivity index (χ3v) is 10.8. The monoisotopic (exact) mass is 704 g/mol. The van der Waals surface area contributed by atoms with E-state index in [9.17, 15) is 28.2 Å². The van der Waals surface area contributed by atoms with Gasteiger partial charge in [-0.05, 0) is 62.6 Å². The summed E-state index contributed by atoms with van der Waals surface area (Å²) in [6.07, 6.45) is -2.51. The molecule has 0 radical (unpaired) electrons. The van der Waals surface area contributed by atoms with Gasteiger partial charge in [0.1, 0.15) is 11.8 Å². The Bertz CT molecular complexity index is 1490. The summed E-state index contributed by atoms with van der Waals surface area (Å²) in [5.41, 5.74) is 0.147. The first-order chi connectivity index (χ1) is 23.2. The van der Waals surface area contributed by atoms with Gasteiger partial charge in [0.25, 0.3) is 0 Å². The van der Waals surface area contributed by atoms with Crippen LogP contribution in [-0.4, -0.2) is 105 Å². The fraction of sp³-hybridized carbons (Fsp3) is 0.600. The van der Waals surface area contributed by atoms with Crippen LogP contribution in [0.15, 0.2) is 59.5 Å². The van der Waals surface area contributed by atoms with Crippen LogP contribution in [0.3, 0.4) is 0 Å². The molecule has 2 amide bonds. The van der Waals surface area contributed by atoms with Gasteiger partial charge in [-0.1, -0.05) is 50.2 Å². The van der Waals surface area contributed by atoms with E-state index >= 15 is 0 Å². The van der Waals surface area contributed by atoms with E-state index in [0.717, 1.165) is 10.5 Å². The fourth-order valence-corrected chi connectivity index (χ4v) is 8.26. The van der Waals surface area contributed by atoms with E-state index in [1.54, 1.807) is 26.0 Å². The lowest BCUT2D eigenvalue weighted by molar-refractivity contribution is -0.273. The van der Waals surface area contributed by atoms with Crippen LogP contribution in [0.2, 0.25) is 0 Å². The van der Waals surface area contributed by atoms with Gasteiger partial charge in [-0.25, -0.2) is 13.2 Å². The number of amides is 2. The number of carbonyl (C=O) groups is 2. The SMILES string of the molecule is COc1cccc(S(=O)(=O)N(C[C@@H](O)[C@H](Cc2ccccc2)N(C(=O)[O-])[C@H]2CO[C@H]3OCC[C@H]32)CC(C)(C)CCCNC(=O)OC(C)C)c1. The number of aliphatic hydroxyl groups excluding tert-OH is 1. The average Bonchev–Trinajstić information content (AvgIpc) is 3.67. The lowest BCUT2D eigenvalue weighted by atomic mass is 9.87. The molecule has 13 nitrogen and oxygen atoms in total. The normalized spacial score (nSPS) is 20.5. The maximum Gasteiger partial charge on any atom is 0.407 e. The second kappa shape index (κ2) is 17.0. The van der Waals surface area contributed by atoms with E-state index < -0.39 is 58.6 Å². The number of benzene rings is 2. The third kappa shape index (κ3) is 10.3. The van der Waals surface area contributed by atoms with Crippen LogP contribution in [-0.2, 0) is 30.7 Å². The Morgan fingerprint density at radius 2 is 1.86 bits per heavy atom. The molecule has 2 saturated heterocycles. The Hall–Kier alpha value is -3.43. The molecule has 2 fully saturated rings. The fourth-order valence-electron chi connectivity index (χ4n) is 6.58. The maximum atomic E-state index is 14.3. The number of nitrogens with one attached hydrogen (secondary N) is 1. The molecule has 2 aliphatic heterocycles. The number of fused-ring (bicyclic) bond motifs is 1. The first kappa shape index (κ1) is 38.4. The number of nitrogens with zero attached hydrogens (tertiary/aromatic N) is 2. The highest BCUT2D eigenvalue weighted by molar-refractivity contribution is 7.89. The number of aliphatic hydroxyl groups is 1. The molecule has 0 bridgehead atoms. The first-order valence-corrected chi connectivity index (χ1v) is 18.2. The van der Waals surface area contributed by atoms with Gasteiger partial charge in [0.05, 0.1) is 49.5 Å². The molecule has 2 aromatic carbocycles. The van der Waals surface area contributed by atoms with Gasteiger partial charge in [0, 0.05) is 31.6 Å². The van der Waals surface area contributed by atoms with Gasteiger partial charge in [-0.15, -0.1) is 0 Å². The number of carbonyl (C=O) groups excluding carboxylic acids is 2. The zero-order chi connectivity index (χ0) is 35.8. The minimum absolute atomic E-state index is 0.00546. The van der Waals surface area contributed by atoms with Crippen molar-refractivity contribution in [1.82, 2.24) is 14.5 Å². The molecule has 2 aromatic rings. The molecule has 5 atom stereocenters. The number of ether oxygens (including phenoxy) is 4. The predicted molar refractivity (Wildman–Crippen MR) is 179 cm³/mol. The quantitative estimate of drug-likeness (QED) is 0.234.